The van der Waals surface area contributed by atoms with Crippen molar-refractivity contribution >= 4 is 27.3 Å². The number of nitrogens with one attached hydrogen (secondary N) is 1. The number of carbonyl (C=O) groups excluding carboxylic acids is 1. The van der Waals surface area contributed by atoms with Crippen LogP contribution in [-0.2, 0) is 14.8 Å². The highest BCUT2D eigenvalue weighted by molar-refractivity contribution is 7.92. The van der Waals surface area contributed by atoms with Crippen molar-refractivity contribution < 1.29 is 22.7 Å². The molecule has 1 aliphatic heterocycles. The number of benzene rings is 2. The van der Waals surface area contributed by atoms with Crippen LogP contribution in [0.5, 0.6) is 11.5 Å². The van der Waals surface area contributed by atoms with E-state index in [4.69, 9.17) is 9.47 Å². The van der Waals surface area contributed by atoms with Gasteiger partial charge in [-0.1, -0.05) is 6.07 Å². The summed E-state index contributed by atoms with van der Waals surface area (Å²) in [6.07, 6.45) is 1.75. The normalized spacial score (nSPS) is 13.1. The van der Waals surface area contributed by atoms with E-state index in [9.17, 15) is 13.2 Å². The van der Waals surface area contributed by atoms with E-state index in [0.29, 0.717) is 36.8 Å². The molecule has 0 aromatic heterocycles. The summed E-state index contributed by atoms with van der Waals surface area (Å²) in [4.78, 5) is 12.3. The van der Waals surface area contributed by atoms with Crippen molar-refractivity contribution in [2.75, 3.05) is 35.6 Å². The maximum Gasteiger partial charge on any atom is 0.232 e. The average molecular weight is 419 g/mol. The minimum atomic E-state index is -3.51. The third kappa shape index (κ3) is 5.63. The minimum absolute atomic E-state index is 0.148. The van der Waals surface area contributed by atoms with Gasteiger partial charge >= 0.3 is 0 Å². The summed E-state index contributed by atoms with van der Waals surface area (Å²) in [7, 11) is -3.51. The Morgan fingerprint density at radius 2 is 1.69 bits per heavy atom. The molecule has 0 bridgehead atoms. The molecule has 0 aliphatic carbocycles. The van der Waals surface area contributed by atoms with E-state index in [-0.39, 0.29) is 18.9 Å². The molecule has 1 N–H and O–H groups in total. The number of aryl methyl sites for hydroxylation is 2. The second-order valence-corrected chi connectivity index (χ2v) is 9.10. The number of anilines is 2. The lowest BCUT2D eigenvalue weighted by atomic mass is 10.1. The Labute approximate surface area is 171 Å². The maximum absolute atomic E-state index is 12.3. The summed E-state index contributed by atoms with van der Waals surface area (Å²) in [6.45, 7) is 5.03. The lowest BCUT2D eigenvalue weighted by Gasteiger charge is -2.25. The van der Waals surface area contributed by atoms with Crippen LogP contribution in [0.2, 0.25) is 0 Å². The molecule has 0 spiro atoms. The molecule has 2 aromatic rings. The van der Waals surface area contributed by atoms with Crippen LogP contribution in [-0.4, -0.2) is 40.3 Å². The molecule has 1 heterocycles. The second-order valence-electron chi connectivity index (χ2n) is 7.19. The Kier molecular flexibility index (Phi) is 6.32. The Bertz CT molecular complexity index is 984. The van der Waals surface area contributed by atoms with Crippen molar-refractivity contribution in [3.05, 3.63) is 47.5 Å². The molecule has 8 heteroatoms. The SMILES string of the molecule is Cc1cc(C)cc(NC(=O)CCCN(c2ccc3c(c2)OCCO3)S(C)(=O)=O)c1. The number of sulfonamides is 1. The van der Waals surface area contributed by atoms with E-state index in [1.54, 1.807) is 18.2 Å². The molecular weight excluding hydrogens is 392 g/mol. The molecule has 1 amide bonds. The number of fused-ring (bicyclic) bond motifs is 1. The molecule has 7 nitrogen and oxygen atoms in total. The Morgan fingerprint density at radius 1 is 1.03 bits per heavy atom. The first-order chi connectivity index (χ1) is 13.7. The number of rotatable bonds is 7. The van der Waals surface area contributed by atoms with Crippen LogP contribution in [0.15, 0.2) is 36.4 Å². The molecule has 0 unspecified atom stereocenters. The second kappa shape index (κ2) is 8.73. The molecule has 156 valence electrons. The number of ether oxygens (including phenoxy) is 2. The molecule has 2 aromatic carbocycles. The largest absolute Gasteiger partial charge is 0.486 e. The summed E-state index contributed by atoms with van der Waals surface area (Å²) >= 11 is 0. The fraction of sp³-hybridized carbons (Fsp3) is 0.381. The number of nitrogens with zero attached hydrogens (tertiary/aromatic N) is 1. The van der Waals surface area contributed by atoms with Gasteiger partial charge in [0.25, 0.3) is 0 Å². The van der Waals surface area contributed by atoms with Gasteiger partial charge in [-0.25, -0.2) is 8.42 Å². The van der Waals surface area contributed by atoms with Crippen molar-refractivity contribution in [1.82, 2.24) is 0 Å². The summed E-state index contributed by atoms with van der Waals surface area (Å²) in [5.41, 5.74) is 3.38. The highest BCUT2D eigenvalue weighted by atomic mass is 32.2. The van der Waals surface area contributed by atoms with E-state index in [1.165, 1.54) is 4.31 Å². The van der Waals surface area contributed by atoms with Crippen LogP contribution in [0.25, 0.3) is 0 Å². The van der Waals surface area contributed by atoms with E-state index in [1.807, 2.05) is 32.0 Å². The van der Waals surface area contributed by atoms with Crippen molar-refractivity contribution in [2.24, 2.45) is 0 Å². The zero-order valence-corrected chi connectivity index (χ0v) is 17.7. The number of hydrogen-bond acceptors (Lipinski definition) is 5. The van der Waals surface area contributed by atoms with Gasteiger partial charge in [-0.2, -0.15) is 0 Å². The lowest BCUT2D eigenvalue weighted by Crippen LogP contribution is -2.31. The van der Waals surface area contributed by atoms with Crippen LogP contribution in [0, 0.1) is 13.8 Å². The van der Waals surface area contributed by atoms with Gasteiger partial charge in [0.15, 0.2) is 11.5 Å². The molecule has 0 atom stereocenters. The van der Waals surface area contributed by atoms with Crippen molar-refractivity contribution in [3.63, 3.8) is 0 Å². The van der Waals surface area contributed by atoms with Gasteiger partial charge in [-0.3, -0.25) is 9.10 Å². The fourth-order valence-electron chi connectivity index (χ4n) is 3.33. The van der Waals surface area contributed by atoms with Crippen LogP contribution in [0.4, 0.5) is 11.4 Å². The molecule has 0 fully saturated rings. The first-order valence-corrected chi connectivity index (χ1v) is 11.3. The van der Waals surface area contributed by atoms with Gasteiger partial charge in [0.05, 0.1) is 11.9 Å². The Balaban J connectivity index is 1.63. The van der Waals surface area contributed by atoms with E-state index >= 15 is 0 Å². The van der Waals surface area contributed by atoms with Gasteiger partial charge < -0.3 is 14.8 Å². The molecule has 0 radical (unpaired) electrons. The maximum atomic E-state index is 12.3. The predicted molar refractivity (Wildman–Crippen MR) is 113 cm³/mol. The Hall–Kier alpha value is -2.74. The molecule has 0 saturated heterocycles. The fourth-order valence-corrected chi connectivity index (χ4v) is 4.28. The van der Waals surface area contributed by atoms with Gasteiger partial charge in [0.1, 0.15) is 13.2 Å². The van der Waals surface area contributed by atoms with E-state index in [0.717, 1.165) is 23.1 Å². The highest BCUT2D eigenvalue weighted by Crippen LogP contribution is 2.34. The van der Waals surface area contributed by atoms with E-state index < -0.39 is 10.0 Å². The monoisotopic (exact) mass is 418 g/mol. The van der Waals surface area contributed by atoms with Crippen molar-refractivity contribution in [3.8, 4) is 11.5 Å². The van der Waals surface area contributed by atoms with Crippen LogP contribution >= 0.6 is 0 Å². The minimum Gasteiger partial charge on any atom is -0.486 e. The number of hydrogen-bond donors (Lipinski definition) is 1. The van der Waals surface area contributed by atoms with Crippen LogP contribution in [0.1, 0.15) is 24.0 Å². The smallest absolute Gasteiger partial charge is 0.232 e. The zero-order valence-electron chi connectivity index (χ0n) is 16.9. The van der Waals surface area contributed by atoms with Gasteiger partial charge in [0.2, 0.25) is 15.9 Å². The molecule has 0 saturated carbocycles. The summed E-state index contributed by atoms with van der Waals surface area (Å²) in [5.74, 6) is 0.974. The summed E-state index contributed by atoms with van der Waals surface area (Å²) < 4.78 is 36.9. The zero-order chi connectivity index (χ0) is 21.0. The van der Waals surface area contributed by atoms with Crippen molar-refractivity contribution in [1.29, 1.82) is 0 Å². The average Bonchev–Trinajstić information content (AvgIpc) is 2.63. The predicted octanol–water partition coefficient (Wildman–Crippen LogP) is 3.26. The molecule has 29 heavy (non-hydrogen) atoms. The third-order valence-corrected chi connectivity index (χ3v) is 5.68. The first-order valence-electron chi connectivity index (χ1n) is 9.48. The standard InChI is InChI=1S/C21H26N2O5S/c1-15-11-16(2)13-17(12-15)22-21(24)5-4-8-23(29(3,25)26)18-6-7-19-20(14-18)28-10-9-27-19/h6-7,11-14H,4-5,8-10H2,1-3H3,(H,22,24). The van der Waals surface area contributed by atoms with Crippen LogP contribution in [0.3, 0.4) is 0 Å². The molecular formula is C21H26N2O5S. The van der Waals surface area contributed by atoms with E-state index in [2.05, 4.69) is 5.32 Å². The van der Waals surface area contributed by atoms with Crippen LogP contribution < -0.4 is 19.1 Å². The lowest BCUT2D eigenvalue weighted by molar-refractivity contribution is -0.116. The highest BCUT2D eigenvalue weighted by Gasteiger charge is 2.21. The Morgan fingerprint density at radius 3 is 2.34 bits per heavy atom. The molecule has 1 aliphatic rings. The van der Waals surface area contributed by atoms with Gasteiger partial charge in [-0.15, -0.1) is 0 Å². The number of amides is 1. The van der Waals surface area contributed by atoms with Crippen molar-refractivity contribution in [2.45, 2.75) is 26.7 Å². The number of carbonyl (C=O) groups is 1. The quantitative estimate of drug-likeness (QED) is 0.746. The third-order valence-electron chi connectivity index (χ3n) is 4.48. The summed E-state index contributed by atoms with van der Waals surface area (Å²) in [5, 5.41) is 2.87. The van der Waals surface area contributed by atoms with Gasteiger partial charge in [-0.05, 0) is 55.7 Å². The summed E-state index contributed by atoms with van der Waals surface area (Å²) in [6, 6.07) is 10.9. The first kappa shape index (κ1) is 21.0. The molecule has 3 rings (SSSR count). The topological polar surface area (TPSA) is 84.9 Å². The van der Waals surface area contributed by atoms with Gasteiger partial charge in [0, 0.05) is 24.7 Å².